The molecule has 1 nitrogen and oxygen atoms in total. The van der Waals surface area contributed by atoms with E-state index in [9.17, 15) is 4.39 Å². The van der Waals surface area contributed by atoms with Crippen LogP contribution in [0.2, 0.25) is 0 Å². The van der Waals surface area contributed by atoms with Crippen LogP contribution in [-0.2, 0) is 0 Å². The molecule has 0 aromatic heterocycles. The van der Waals surface area contributed by atoms with Gasteiger partial charge < -0.3 is 5.32 Å². The largest absolute Gasteiger partial charge is 0.310 e. The van der Waals surface area contributed by atoms with Crippen molar-refractivity contribution in [1.29, 1.82) is 0 Å². The molecule has 100 valence electrons. The van der Waals surface area contributed by atoms with Gasteiger partial charge in [-0.25, -0.2) is 4.39 Å². The molecule has 0 amide bonds. The summed E-state index contributed by atoms with van der Waals surface area (Å²) in [5.74, 6) is 0.906. The predicted molar refractivity (Wildman–Crippen MR) is 77.5 cm³/mol. The molecule has 1 aliphatic carbocycles. The number of halogens is 1. The smallest absolute Gasteiger partial charge is 0.123 e. The molecule has 2 rings (SSSR count). The van der Waals surface area contributed by atoms with Gasteiger partial charge in [0.1, 0.15) is 5.82 Å². The summed E-state index contributed by atoms with van der Waals surface area (Å²) >= 11 is 2.05. The van der Waals surface area contributed by atoms with Gasteiger partial charge in [0.15, 0.2) is 0 Å². The summed E-state index contributed by atoms with van der Waals surface area (Å²) in [6, 6.07) is 7.26. The maximum absolute atomic E-state index is 13.3. The zero-order valence-corrected chi connectivity index (χ0v) is 11.8. The average molecular weight is 267 g/mol. The molecule has 0 radical (unpaired) electrons. The third kappa shape index (κ3) is 3.99. The van der Waals surface area contributed by atoms with E-state index in [0.717, 1.165) is 23.1 Å². The number of benzene rings is 1. The minimum atomic E-state index is -0.138. The van der Waals surface area contributed by atoms with Gasteiger partial charge in [0, 0.05) is 17.0 Å². The van der Waals surface area contributed by atoms with Gasteiger partial charge in [0.2, 0.25) is 0 Å². The molecule has 1 fully saturated rings. The molecule has 0 bridgehead atoms. The fourth-order valence-electron chi connectivity index (χ4n) is 2.53. The molecule has 0 aliphatic heterocycles. The van der Waals surface area contributed by atoms with Crippen LogP contribution in [0.5, 0.6) is 0 Å². The lowest BCUT2D eigenvalue weighted by atomic mass is 10.1. The van der Waals surface area contributed by atoms with Crippen LogP contribution in [0.4, 0.5) is 4.39 Å². The van der Waals surface area contributed by atoms with Crippen LogP contribution in [0.25, 0.3) is 0 Å². The first-order chi connectivity index (χ1) is 8.79. The molecule has 1 unspecified atom stereocenters. The van der Waals surface area contributed by atoms with E-state index in [-0.39, 0.29) is 11.9 Å². The number of nitrogens with one attached hydrogen (secondary N) is 1. The molecular formula is C15H22FNS. The van der Waals surface area contributed by atoms with Gasteiger partial charge in [-0.3, -0.25) is 0 Å². The molecule has 1 aromatic rings. The monoisotopic (exact) mass is 267 g/mol. The van der Waals surface area contributed by atoms with Crippen molar-refractivity contribution in [1.82, 2.24) is 5.32 Å². The van der Waals surface area contributed by atoms with Gasteiger partial charge >= 0.3 is 0 Å². The second-order valence-electron chi connectivity index (χ2n) is 4.91. The molecule has 1 N–H and O–H groups in total. The van der Waals surface area contributed by atoms with Crippen LogP contribution in [0, 0.1) is 5.82 Å². The van der Waals surface area contributed by atoms with E-state index in [2.05, 4.69) is 12.2 Å². The van der Waals surface area contributed by atoms with Gasteiger partial charge in [-0.15, -0.1) is 0 Å². The Morgan fingerprint density at radius 1 is 1.39 bits per heavy atom. The highest BCUT2D eigenvalue weighted by Crippen LogP contribution is 2.32. The third-order valence-corrected chi connectivity index (χ3v) is 4.97. The summed E-state index contributed by atoms with van der Waals surface area (Å²) in [5.41, 5.74) is 1.07. The van der Waals surface area contributed by atoms with Gasteiger partial charge in [0.25, 0.3) is 0 Å². The summed E-state index contributed by atoms with van der Waals surface area (Å²) in [5, 5.41) is 4.28. The summed E-state index contributed by atoms with van der Waals surface area (Å²) in [6.45, 7) is 3.03. The molecule has 18 heavy (non-hydrogen) atoms. The molecule has 1 aliphatic rings. The van der Waals surface area contributed by atoms with Crippen molar-refractivity contribution in [3.05, 3.63) is 35.6 Å². The van der Waals surface area contributed by atoms with Crippen molar-refractivity contribution < 1.29 is 4.39 Å². The molecule has 0 spiro atoms. The fraction of sp³-hybridized carbons (Fsp3) is 0.600. The van der Waals surface area contributed by atoms with Crippen molar-refractivity contribution in [3.8, 4) is 0 Å². The first-order valence-corrected chi connectivity index (χ1v) is 7.95. The Balaban J connectivity index is 1.94. The van der Waals surface area contributed by atoms with E-state index < -0.39 is 0 Å². The fourth-order valence-corrected chi connectivity index (χ4v) is 3.97. The number of thioether (sulfide) groups is 1. The lowest BCUT2D eigenvalue weighted by Crippen LogP contribution is -2.23. The Morgan fingerprint density at radius 2 is 2.17 bits per heavy atom. The van der Waals surface area contributed by atoms with Crippen LogP contribution in [0.15, 0.2) is 24.3 Å². The Hall–Kier alpha value is -0.540. The van der Waals surface area contributed by atoms with E-state index in [4.69, 9.17) is 0 Å². The Kier molecular flexibility index (Phi) is 5.51. The number of rotatable bonds is 6. The molecule has 1 aromatic carbocycles. The number of hydrogen-bond acceptors (Lipinski definition) is 2. The van der Waals surface area contributed by atoms with Crippen molar-refractivity contribution in [2.24, 2.45) is 0 Å². The second kappa shape index (κ2) is 7.15. The quantitative estimate of drug-likeness (QED) is 0.831. The van der Waals surface area contributed by atoms with Crippen LogP contribution in [0.3, 0.4) is 0 Å². The molecule has 0 saturated heterocycles. The Morgan fingerprint density at radius 3 is 2.83 bits per heavy atom. The SMILES string of the molecule is CCNC(CSC1CCCC1)c1cccc(F)c1. The molecule has 3 heteroatoms. The van der Waals surface area contributed by atoms with E-state index >= 15 is 0 Å². The van der Waals surface area contributed by atoms with Crippen LogP contribution < -0.4 is 5.32 Å². The van der Waals surface area contributed by atoms with E-state index in [1.165, 1.54) is 31.7 Å². The first kappa shape index (κ1) is 13.9. The van der Waals surface area contributed by atoms with Crippen molar-refractivity contribution >= 4 is 11.8 Å². The molecule has 1 saturated carbocycles. The maximum Gasteiger partial charge on any atom is 0.123 e. The first-order valence-electron chi connectivity index (χ1n) is 6.90. The third-order valence-electron chi connectivity index (χ3n) is 3.50. The van der Waals surface area contributed by atoms with E-state index in [1.807, 2.05) is 17.8 Å². The van der Waals surface area contributed by atoms with Gasteiger partial charge in [0.05, 0.1) is 0 Å². The van der Waals surface area contributed by atoms with Gasteiger partial charge in [-0.1, -0.05) is 31.9 Å². The zero-order chi connectivity index (χ0) is 12.8. The van der Waals surface area contributed by atoms with Crippen molar-refractivity contribution in [3.63, 3.8) is 0 Å². The minimum absolute atomic E-state index is 0.138. The summed E-state index contributed by atoms with van der Waals surface area (Å²) in [7, 11) is 0. The highest BCUT2D eigenvalue weighted by Gasteiger charge is 2.18. The normalized spacial score (nSPS) is 18.1. The van der Waals surface area contributed by atoms with E-state index in [1.54, 1.807) is 12.1 Å². The Bertz CT molecular complexity index is 363. The lowest BCUT2D eigenvalue weighted by Gasteiger charge is -2.20. The van der Waals surface area contributed by atoms with E-state index in [0.29, 0.717) is 0 Å². The van der Waals surface area contributed by atoms with Gasteiger partial charge in [-0.05, 0) is 37.1 Å². The second-order valence-corrected chi connectivity index (χ2v) is 6.24. The Labute approximate surface area is 114 Å². The van der Waals surface area contributed by atoms with Crippen LogP contribution >= 0.6 is 11.8 Å². The summed E-state index contributed by atoms with van der Waals surface area (Å²) in [6.07, 6.45) is 5.46. The predicted octanol–water partition coefficient (Wildman–Crippen LogP) is 4.15. The maximum atomic E-state index is 13.3. The van der Waals surface area contributed by atoms with Crippen molar-refractivity contribution in [2.45, 2.75) is 43.9 Å². The highest BCUT2D eigenvalue weighted by atomic mass is 32.2. The van der Waals surface area contributed by atoms with Crippen molar-refractivity contribution in [2.75, 3.05) is 12.3 Å². The van der Waals surface area contributed by atoms with Crippen LogP contribution in [-0.4, -0.2) is 17.5 Å². The summed E-state index contributed by atoms with van der Waals surface area (Å²) in [4.78, 5) is 0. The average Bonchev–Trinajstić information content (AvgIpc) is 2.87. The minimum Gasteiger partial charge on any atom is -0.310 e. The van der Waals surface area contributed by atoms with Gasteiger partial charge in [-0.2, -0.15) is 11.8 Å². The summed E-state index contributed by atoms with van der Waals surface area (Å²) < 4.78 is 13.3. The zero-order valence-electron chi connectivity index (χ0n) is 11.0. The number of hydrogen-bond donors (Lipinski definition) is 1. The molecule has 0 heterocycles. The lowest BCUT2D eigenvalue weighted by molar-refractivity contribution is 0.588. The highest BCUT2D eigenvalue weighted by molar-refractivity contribution is 7.99. The topological polar surface area (TPSA) is 12.0 Å². The van der Waals surface area contributed by atoms with Crippen LogP contribution in [0.1, 0.15) is 44.2 Å². The molecular weight excluding hydrogens is 245 g/mol. The molecule has 1 atom stereocenters. The standard InChI is InChI=1S/C15H22FNS/c1-2-17-15(11-18-14-8-3-4-9-14)12-6-5-7-13(16)10-12/h5-7,10,14-15,17H,2-4,8-9,11H2,1H3.